The van der Waals surface area contributed by atoms with Gasteiger partial charge in [-0.15, -0.1) is 0 Å². The average Bonchev–Trinajstić information content (AvgIpc) is 3.71. The van der Waals surface area contributed by atoms with Gasteiger partial charge in [0.2, 0.25) is 0 Å². The maximum Gasteiger partial charge on any atom is 0.160 e. The number of benzene rings is 6. The van der Waals surface area contributed by atoms with Crippen molar-refractivity contribution in [1.29, 1.82) is 0 Å². The molecule has 0 amide bonds. The van der Waals surface area contributed by atoms with Crippen molar-refractivity contribution in [2.24, 2.45) is 0 Å². The molecule has 0 atom stereocenters. The molecular formula is C45H31N3O. The van der Waals surface area contributed by atoms with Crippen LogP contribution in [0, 0.1) is 0 Å². The van der Waals surface area contributed by atoms with Gasteiger partial charge in [0, 0.05) is 44.4 Å². The fourth-order valence-corrected chi connectivity index (χ4v) is 7.05. The minimum atomic E-state index is 0.669. The second-order valence-corrected chi connectivity index (χ2v) is 12.2. The standard InChI is InChI=1S/C45H31N3O/c1-3-29(4-2)38-28-39(47-45(46-38)31-16-9-6-10-17-31)36-19-13-21-42-44(36)37-25-23-33(27-43(37)49-42)48-40-20-12-11-18-34(40)35-24-22-32(26-41(35)48)30-14-7-5-8-15-30/h3-28H,1H2,2H3/b29-4+. The van der Waals surface area contributed by atoms with Gasteiger partial charge < -0.3 is 8.98 Å². The van der Waals surface area contributed by atoms with Crippen molar-refractivity contribution in [2.45, 2.75) is 6.92 Å². The summed E-state index contributed by atoms with van der Waals surface area (Å²) in [5.41, 5.74) is 11.9. The van der Waals surface area contributed by atoms with Gasteiger partial charge in [-0.25, -0.2) is 9.97 Å². The number of para-hydroxylation sites is 1. The molecule has 0 spiro atoms. The molecule has 4 heteroatoms. The van der Waals surface area contributed by atoms with Gasteiger partial charge in [0.15, 0.2) is 5.82 Å². The van der Waals surface area contributed by atoms with Crippen molar-refractivity contribution in [3.8, 4) is 39.5 Å². The molecule has 9 rings (SSSR count). The van der Waals surface area contributed by atoms with Crippen molar-refractivity contribution in [3.63, 3.8) is 0 Å². The van der Waals surface area contributed by atoms with Crippen LogP contribution in [0.1, 0.15) is 12.6 Å². The van der Waals surface area contributed by atoms with Crippen LogP contribution in [0.15, 0.2) is 169 Å². The summed E-state index contributed by atoms with van der Waals surface area (Å²) in [5, 5.41) is 4.51. The summed E-state index contributed by atoms with van der Waals surface area (Å²) in [4.78, 5) is 10.0. The Morgan fingerprint density at radius 2 is 1.35 bits per heavy atom. The molecule has 0 radical (unpaired) electrons. The zero-order chi connectivity index (χ0) is 32.9. The Balaban J connectivity index is 1.25. The van der Waals surface area contributed by atoms with E-state index < -0.39 is 0 Å². The molecule has 49 heavy (non-hydrogen) atoms. The topological polar surface area (TPSA) is 43.9 Å². The first kappa shape index (κ1) is 28.7. The van der Waals surface area contributed by atoms with Gasteiger partial charge in [-0.2, -0.15) is 0 Å². The third-order valence-electron chi connectivity index (χ3n) is 9.38. The molecule has 0 unspecified atom stereocenters. The zero-order valence-corrected chi connectivity index (χ0v) is 27.0. The molecule has 0 saturated carbocycles. The third kappa shape index (κ3) is 4.77. The first-order chi connectivity index (χ1) is 24.2. The molecule has 6 aromatic carbocycles. The first-order valence-electron chi connectivity index (χ1n) is 16.5. The average molecular weight is 630 g/mol. The number of hydrogen-bond donors (Lipinski definition) is 0. The van der Waals surface area contributed by atoms with Crippen molar-refractivity contribution < 1.29 is 4.42 Å². The van der Waals surface area contributed by atoms with Gasteiger partial charge in [0.25, 0.3) is 0 Å². The fourth-order valence-electron chi connectivity index (χ4n) is 7.05. The minimum Gasteiger partial charge on any atom is -0.456 e. The number of aromatic nitrogens is 3. The second-order valence-electron chi connectivity index (χ2n) is 12.2. The third-order valence-corrected chi connectivity index (χ3v) is 9.38. The zero-order valence-electron chi connectivity index (χ0n) is 27.0. The molecule has 0 aliphatic rings. The van der Waals surface area contributed by atoms with Gasteiger partial charge in [-0.3, -0.25) is 0 Å². The quantitative estimate of drug-likeness (QED) is 0.172. The largest absolute Gasteiger partial charge is 0.456 e. The van der Waals surface area contributed by atoms with E-state index in [4.69, 9.17) is 14.4 Å². The Kier molecular flexibility index (Phi) is 6.80. The molecule has 4 nitrogen and oxygen atoms in total. The van der Waals surface area contributed by atoms with E-state index in [1.807, 2.05) is 67.6 Å². The summed E-state index contributed by atoms with van der Waals surface area (Å²) in [6.07, 6.45) is 3.87. The Bertz CT molecular complexity index is 2730. The molecule has 0 bridgehead atoms. The lowest BCUT2D eigenvalue weighted by molar-refractivity contribution is 0.668. The van der Waals surface area contributed by atoms with Crippen LogP contribution >= 0.6 is 0 Å². The van der Waals surface area contributed by atoms with E-state index in [1.165, 1.54) is 21.9 Å². The van der Waals surface area contributed by atoms with Crippen molar-refractivity contribution in [2.75, 3.05) is 0 Å². The summed E-state index contributed by atoms with van der Waals surface area (Å²) >= 11 is 0. The molecular weight excluding hydrogens is 599 g/mol. The van der Waals surface area contributed by atoms with Crippen LogP contribution in [0.4, 0.5) is 0 Å². The maximum atomic E-state index is 6.62. The van der Waals surface area contributed by atoms with Crippen LogP contribution in [0.5, 0.6) is 0 Å². The molecule has 0 aliphatic heterocycles. The smallest absolute Gasteiger partial charge is 0.160 e. The van der Waals surface area contributed by atoms with Crippen LogP contribution in [0.2, 0.25) is 0 Å². The highest BCUT2D eigenvalue weighted by Crippen LogP contribution is 2.40. The molecule has 0 aliphatic carbocycles. The van der Waals surface area contributed by atoms with Gasteiger partial charge >= 0.3 is 0 Å². The molecule has 3 heterocycles. The number of fused-ring (bicyclic) bond motifs is 6. The highest BCUT2D eigenvalue weighted by molar-refractivity contribution is 6.14. The van der Waals surface area contributed by atoms with Crippen molar-refractivity contribution in [3.05, 3.63) is 170 Å². The van der Waals surface area contributed by atoms with Crippen molar-refractivity contribution >= 4 is 49.3 Å². The predicted molar refractivity (Wildman–Crippen MR) is 204 cm³/mol. The van der Waals surface area contributed by atoms with Crippen LogP contribution in [0.3, 0.4) is 0 Å². The highest BCUT2D eigenvalue weighted by Gasteiger charge is 2.19. The Labute approximate surface area is 283 Å². The molecule has 3 aromatic heterocycles. The molecule has 232 valence electrons. The van der Waals surface area contributed by atoms with Gasteiger partial charge in [0.1, 0.15) is 11.2 Å². The van der Waals surface area contributed by atoms with Gasteiger partial charge in [-0.05, 0) is 60.0 Å². The van der Waals surface area contributed by atoms with Crippen LogP contribution in [0.25, 0.3) is 88.8 Å². The van der Waals surface area contributed by atoms with Crippen LogP contribution < -0.4 is 0 Å². The van der Waals surface area contributed by atoms with E-state index in [1.54, 1.807) is 0 Å². The number of furan rings is 1. The number of hydrogen-bond acceptors (Lipinski definition) is 3. The van der Waals surface area contributed by atoms with E-state index in [9.17, 15) is 0 Å². The van der Waals surface area contributed by atoms with E-state index in [2.05, 4.69) is 108 Å². The Morgan fingerprint density at radius 1 is 0.612 bits per heavy atom. The summed E-state index contributed by atoms with van der Waals surface area (Å²) in [7, 11) is 0. The van der Waals surface area contributed by atoms with E-state index in [-0.39, 0.29) is 0 Å². The summed E-state index contributed by atoms with van der Waals surface area (Å²) in [5.74, 6) is 0.669. The lowest BCUT2D eigenvalue weighted by Gasteiger charge is -2.11. The van der Waals surface area contributed by atoms with E-state index in [0.717, 1.165) is 66.7 Å². The lowest BCUT2D eigenvalue weighted by atomic mass is 10.0. The van der Waals surface area contributed by atoms with Crippen LogP contribution in [-0.2, 0) is 0 Å². The Morgan fingerprint density at radius 3 is 2.14 bits per heavy atom. The SMILES string of the molecule is C=C/C(=C\C)c1cc(-c2cccc3oc4cc(-n5c6ccccc6c6ccc(-c7ccccc7)cc65)ccc4c23)nc(-c2ccccc2)n1. The molecule has 9 aromatic rings. The molecule has 0 saturated heterocycles. The number of nitrogens with zero attached hydrogens (tertiary/aromatic N) is 3. The van der Waals surface area contributed by atoms with Gasteiger partial charge in [-0.1, -0.05) is 122 Å². The summed E-state index contributed by atoms with van der Waals surface area (Å²) < 4.78 is 8.97. The first-order valence-corrected chi connectivity index (χ1v) is 16.5. The molecule has 0 N–H and O–H groups in total. The lowest BCUT2D eigenvalue weighted by Crippen LogP contribution is -1.98. The summed E-state index contributed by atoms with van der Waals surface area (Å²) in [6.45, 7) is 6.04. The molecule has 0 fully saturated rings. The monoisotopic (exact) mass is 629 g/mol. The van der Waals surface area contributed by atoms with Gasteiger partial charge in [0.05, 0.1) is 22.4 Å². The normalized spacial score (nSPS) is 12.0. The maximum absolute atomic E-state index is 6.62. The highest BCUT2D eigenvalue weighted by atomic mass is 16.3. The fraction of sp³-hybridized carbons (Fsp3) is 0.0222. The predicted octanol–water partition coefficient (Wildman–Crippen LogP) is 12.1. The summed E-state index contributed by atoms with van der Waals surface area (Å²) in [6, 6.07) is 50.8. The number of allylic oxidation sites excluding steroid dienone is 3. The Hall–Kier alpha value is -6.52. The number of rotatable bonds is 6. The second kappa shape index (κ2) is 11.6. The minimum absolute atomic E-state index is 0.669. The van der Waals surface area contributed by atoms with Crippen LogP contribution in [-0.4, -0.2) is 14.5 Å². The van der Waals surface area contributed by atoms with E-state index in [0.29, 0.717) is 5.82 Å². The van der Waals surface area contributed by atoms with E-state index >= 15 is 0 Å². The van der Waals surface area contributed by atoms with Crippen molar-refractivity contribution in [1.82, 2.24) is 14.5 Å².